The highest BCUT2D eigenvalue weighted by Crippen LogP contribution is 2.26. The molecular weight excluding hydrogens is 259 g/mol. The fourth-order valence-corrected chi connectivity index (χ4v) is 1.75. The number of benzene rings is 2. The Hall–Kier alpha value is -2.36. The van der Waals surface area contributed by atoms with Gasteiger partial charge >= 0.3 is 5.97 Å². The zero-order chi connectivity index (χ0) is 14.8. The number of ether oxygens (including phenoxy) is 1. The van der Waals surface area contributed by atoms with Crippen LogP contribution < -0.4 is 4.74 Å². The van der Waals surface area contributed by atoms with Gasteiger partial charge in [-0.25, -0.2) is 9.18 Å². The van der Waals surface area contributed by atoms with Crippen LogP contribution in [0, 0.1) is 5.82 Å². The lowest BCUT2D eigenvalue weighted by atomic mass is 10.1. The molecule has 0 atom stereocenters. The monoisotopic (exact) mass is 274 g/mol. The predicted octanol–water partition coefficient (Wildman–Crippen LogP) is 3.73. The molecule has 0 aliphatic rings. The van der Waals surface area contributed by atoms with Crippen molar-refractivity contribution in [1.82, 2.24) is 0 Å². The molecule has 0 radical (unpaired) electrons. The van der Waals surface area contributed by atoms with Crippen molar-refractivity contribution in [3.05, 3.63) is 54.3 Å². The summed E-state index contributed by atoms with van der Waals surface area (Å²) in [6.07, 6.45) is 0. The maximum atomic E-state index is 13.2. The molecule has 2 aromatic rings. The Morgan fingerprint density at radius 2 is 1.70 bits per heavy atom. The molecule has 0 saturated carbocycles. The van der Waals surface area contributed by atoms with Crippen LogP contribution in [0.2, 0.25) is 0 Å². The van der Waals surface area contributed by atoms with E-state index in [0.29, 0.717) is 11.3 Å². The zero-order valence-electron chi connectivity index (χ0n) is 11.3. The van der Waals surface area contributed by atoms with Crippen molar-refractivity contribution in [2.45, 2.75) is 19.4 Å². The minimum Gasteiger partial charge on any atom is -0.478 e. The van der Waals surface area contributed by atoms with E-state index in [1.807, 2.05) is 6.07 Å². The van der Waals surface area contributed by atoms with Crippen molar-refractivity contribution in [3.8, 4) is 16.9 Å². The Morgan fingerprint density at radius 1 is 1.10 bits per heavy atom. The zero-order valence-corrected chi connectivity index (χ0v) is 11.3. The van der Waals surface area contributed by atoms with Gasteiger partial charge in [0.2, 0.25) is 0 Å². The highest BCUT2D eigenvalue weighted by atomic mass is 19.1. The van der Waals surface area contributed by atoms with E-state index in [1.165, 1.54) is 26.0 Å². The van der Waals surface area contributed by atoms with Gasteiger partial charge in [0.15, 0.2) is 5.60 Å². The molecule has 0 saturated heterocycles. The molecule has 0 bridgehead atoms. The molecule has 3 nitrogen and oxygen atoms in total. The summed E-state index contributed by atoms with van der Waals surface area (Å²) < 4.78 is 18.7. The molecule has 0 aromatic heterocycles. The molecule has 2 aromatic carbocycles. The van der Waals surface area contributed by atoms with E-state index in [1.54, 1.807) is 30.3 Å². The van der Waals surface area contributed by atoms with Crippen LogP contribution in [0.3, 0.4) is 0 Å². The van der Waals surface area contributed by atoms with E-state index >= 15 is 0 Å². The number of rotatable bonds is 4. The normalized spacial score (nSPS) is 11.2. The lowest BCUT2D eigenvalue weighted by Crippen LogP contribution is -2.37. The van der Waals surface area contributed by atoms with Gasteiger partial charge in [0.25, 0.3) is 0 Å². The topological polar surface area (TPSA) is 46.5 Å². The number of hydrogen-bond acceptors (Lipinski definition) is 2. The Balaban J connectivity index is 2.31. The third-order valence-corrected chi connectivity index (χ3v) is 2.88. The van der Waals surface area contributed by atoms with Gasteiger partial charge in [-0.2, -0.15) is 0 Å². The van der Waals surface area contributed by atoms with Gasteiger partial charge in [-0.05, 0) is 49.2 Å². The molecule has 0 unspecified atom stereocenters. The number of halogens is 1. The molecular formula is C16H15FO3. The van der Waals surface area contributed by atoms with Gasteiger partial charge in [0.05, 0.1) is 0 Å². The molecule has 0 aliphatic heterocycles. The molecule has 0 spiro atoms. The largest absolute Gasteiger partial charge is 0.478 e. The second-order valence-electron chi connectivity index (χ2n) is 4.96. The van der Waals surface area contributed by atoms with E-state index < -0.39 is 11.6 Å². The molecule has 2 rings (SSSR count). The Bertz CT molecular complexity index is 635. The van der Waals surface area contributed by atoms with Crippen LogP contribution in [-0.4, -0.2) is 16.7 Å². The smallest absolute Gasteiger partial charge is 0.347 e. The van der Waals surface area contributed by atoms with Gasteiger partial charge in [0, 0.05) is 0 Å². The SMILES string of the molecule is CC(C)(Oc1cccc(-c2cccc(F)c2)c1)C(=O)O. The molecule has 0 heterocycles. The minimum atomic E-state index is -1.32. The molecule has 0 aliphatic carbocycles. The van der Waals surface area contributed by atoms with E-state index in [0.717, 1.165) is 5.56 Å². The molecule has 20 heavy (non-hydrogen) atoms. The average molecular weight is 274 g/mol. The van der Waals surface area contributed by atoms with Crippen LogP contribution in [0.25, 0.3) is 11.1 Å². The lowest BCUT2D eigenvalue weighted by molar-refractivity contribution is -0.152. The van der Waals surface area contributed by atoms with E-state index in [4.69, 9.17) is 9.84 Å². The summed E-state index contributed by atoms with van der Waals surface area (Å²) in [5.74, 6) is -0.937. The number of carbonyl (C=O) groups is 1. The van der Waals surface area contributed by atoms with Crippen LogP contribution in [0.15, 0.2) is 48.5 Å². The summed E-state index contributed by atoms with van der Waals surface area (Å²) in [5.41, 5.74) is 0.160. The molecule has 0 fully saturated rings. The lowest BCUT2D eigenvalue weighted by Gasteiger charge is -2.21. The standard InChI is InChI=1S/C16H15FO3/c1-16(2,15(18)19)20-14-8-4-6-12(10-14)11-5-3-7-13(17)9-11/h3-10H,1-2H3,(H,18,19). The molecule has 0 amide bonds. The summed E-state index contributed by atoms with van der Waals surface area (Å²) in [7, 11) is 0. The predicted molar refractivity (Wildman–Crippen MR) is 74.2 cm³/mol. The van der Waals surface area contributed by atoms with E-state index in [9.17, 15) is 9.18 Å². The summed E-state index contributed by atoms with van der Waals surface area (Å²) >= 11 is 0. The van der Waals surface area contributed by atoms with Gasteiger partial charge < -0.3 is 9.84 Å². The van der Waals surface area contributed by atoms with Crippen molar-refractivity contribution < 1.29 is 19.0 Å². The Morgan fingerprint density at radius 3 is 2.30 bits per heavy atom. The van der Waals surface area contributed by atoms with Gasteiger partial charge in [-0.1, -0.05) is 24.3 Å². The third-order valence-electron chi connectivity index (χ3n) is 2.88. The summed E-state index contributed by atoms with van der Waals surface area (Å²) in [6.45, 7) is 2.95. The van der Waals surface area contributed by atoms with Crippen LogP contribution in [0.4, 0.5) is 4.39 Å². The van der Waals surface area contributed by atoms with Crippen molar-refractivity contribution in [3.63, 3.8) is 0 Å². The second kappa shape index (κ2) is 5.33. The van der Waals surface area contributed by atoms with Crippen molar-refractivity contribution in [1.29, 1.82) is 0 Å². The first kappa shape index (κ1) is 14.1. The summed E-state index contributed by atoms with van der Waals surface area (Å²) in [6, 6.07) is 13.1. The minimum absolute atomic E-state index is 0.320. The van der Waals surface area contributed by atoms with Crippen LogP contribution in [-0.2, 0) is 4.79 Å². The highest BCUT2D eigenvalue weighted by molar-refractivity contribution is 5.77. The fourth-order valence-electron chi connectivity index (χ4n) is 1.75. The number of carboxylic acids is 1. The van der Waals surface area contributed by atoms with Crippen LogP contribution in [0.1, 0.15) is 13.8 Å². The maximum absolute atomic E-state index is 13.2. The van der Waals surface area contributed by atoms with Gasteiger partial charge in [-0.15, -0.1) is 0 Å². The van der Waals surface area contributed by atoms with E-state index in [-0.39, 0.29) is 5.82 Å². The van der Waals surface area contributed by atoms with Crippen LogP contribution >= 0.6 is 0 Å². The third kappa shape index (κ3) is 3.15. The Kier molecular flexibility index (Phi) is 3.74. The Labute approximate surface area is 116 Å². The van der Waals surface area contributed by atoms with Gasteiger partial charge in [0.1, 0.15) is 11.6 Å². The second-order valence-corrected chi connectivity index (χ2v) is 4.96. The van der Waals surface area contributed by atoms with Crippen molar-refractivity contribution >= 4 is 5.97 Å². The number of carboxylic acid groups (broad SMARTS) is 1. The summed E-state index contributed by atoms with van der Waals surface area (Å²) in [4.78, 5) is 11.1. The highest BCUT2D eigenvalue weighted by Gasteiger charge is 2.29. The quantitative estimate of drug-likeness (QED) is 0.924. The molecule has 104 valence electrons. The first-order valence-corrected chi connectivity index (χ1v) is 6.17. The number of hydrogen-bond donors (Lipinski definition) is 1. The fraction of sp³-hybridized carbons (Fsp3) is 0.188. The van der Waals surface area contributed by atoms with Gasteiger partial charge in [-0.3, -0.25) is 0 Å². The van der Waals surface area contributed by atoms with Crippen molar-refractivity contribution in [2.75, 3.05) is 0 Å². The maximum Gasteiger partial charge on any atom is 0.347 e. The number of aliphatic carboxylic acids is 1. The molecule has 4 heteroatoms. The average Bonchev–Trinajstić information content (AvgIpc) is 2.38. The van der Waals surface area contributed by atoms with Crippen LogP contribution in [0.5, 0.6) is 5.75 Å². The van der Waals surface area contributed by atoms with Crippen molar-refractivity contribution in [2.24, 2.45) is 0 Å². The molecule has 1 N–H and O–H groups in total. The first-order valence-electron chi connectivity index (χ1n) is 6.17. The first-order chi connectivity index (χ1) is 9.38. The summed E-state index contributed by atoms with van der Waals surface area (Å²) in [5, 5.41) is 9.05. The van der Waals surface area contributed by atoms with E-state index in [2.05, 4.69) is 0 Å².